The summed E-state index contributed by atoms with van der Waals surface area (Å²) in [6.45, 7) is 4.54. The van der Waals surface area contributed by atoms with Crippen LogP contribution in [0.2, 0.25) is 0 Å². The van der Waals surface area contributed by atoms with Gasteiger partial charge in [-0.3, -0.25) is 14.6 Å². The van der Waals surface area contributed by atoms with E-state index in [0.717, 1.165) is 62.2 Å². The zero-order valence-electron chi connectivity index (χ0n) is 17.2. The molecular formula is C23H25F2N3O2S. The third-order valence-corrected chi connectivity index (χ3v) is 6.39. The molecule has 0 N–H and O–H groups in total. The lowest BCUT2D eigenvalue weighted by Gasteiger charge is -2.27. The van der Waals surface area contributed by atoms with Gasteiger partial charge in [-0.15, -0.1) is 0 Å². The number of halogens is 2. The molecule has 31 heavy (non-hydrogen) atoms. The predicted octanol–water partition coefficient (Wildman–Crippen LogP) is 4.26. The summed E-state index contributed by atoms with van der Waals surface area (Å²) < 4.78 is 33.6. The second kappa shape index (κ2) is 10.3. The smallest absolute Gasteiger partial charge is 0.229 e. The molecule has 1 aromatic heterocycles. The molecule has 1 fully saturated rings. The second-order valence-corrected chi connectivity index (χ2v) is 8.58. The molecule has 0 bridgehead atoms. The van der Waals surface area contributed by atoms with E-state index >= 15 is 0 Å². The maximum absolute atomic E-state index is 14.2. The number of anilines is 1. The quantitative estimate of drug-likeness (QED) is 0.520. The third kappa shape index (κ3) is 5.64. The van der Waals surface area contributed by atoms with E-state index in [1.807, 2.05) is 30.3 Å². The number of morpholine rings is 1. The number of benzene rings is 2. The minimum Gasteiger partial charge on any atom is -0.379 e. The summed E-state index contributed by atoms with van der Waals surface area (Å²) in [6, 6.07) is 11.9. The van der Waals surface area contributed by atoms with E-state index in [-0.39, 0.29) is 11.4 Å². The van der Waals surface area contributed by atoms with E-state index in [1.54, 1.807) is 4.90 Å². The van der Waals surface area contributed by atoms with Gasteiger partial charge in [-0.1, -0.05) is 41.7 Å². The molecule has 2 heterocycles. The van der Waals surface area contributed by atoms with Gasteiger partial charge in [0.1, 0.15) is 11.3 Å². The first-order chi connectivity index (χ1) is 15.1. The van der Waals surface area contributed by atoms with Crippen molar-refractivity contribution in [3.8, 4) is 0 Å². The van der Waals surface area contributed by atoms with Gasteiger partial charge in [-0.05, 0) is 24.5 Å². The van der Waals surface area contributed by atoms with Crippen molar-refractivity contribution >= 4 is 32.6 Å². The molecule has 0 unspecified atom stereocenters. The summed E-state index contributed by atoms with van der Waals surface area (Å²) in [5.41, 5.74) is 1.19. The Kier molecular flexibility index (Phi) is 7.21. The van der Waals surface area contributed by atoms with Crippen molar-refractivity contribution in [3.05, 3.63) is 59.7 Å². The number of ether oxygens (including phenoxy) is 1. The van der Waals surface area contributed by atoms with Gasteiger partial charge in [-0.25, -0.2) is 13.8 Å². The van der Waals surface area contributed by atoms with Crippen molar-refractivity contribution in [2.24, 2.45) is 0 Å². The number of aryl methyl sites for hydroxylation is 1. The largest absolute Gasteiger partial charge is 0.379 e. The normalized spacial score (nSPS) is 14.8. The van der Waals surface area contributed by atoms with E-state index in [9.17, 15) is 13.6 Å². The molecule has 3 aromatic rings. The predicted molar refractivity (Wildman–Crippen MR) is 119 cm³/mol. The summed E-state index contributed by atoms with van der Waals surface area (Å²) >= 11 is 1.15. The number of carbonyl (C=O) groups excluding carboxylic acids is 1. The average Bonchev–Trinajstić information content (AvgIpc) is 3.20. The Morgan fingerprint density at radius 2 is 1.94 bits per heavy atom. The van der Waals surface area contributed by atoms with Crippen LogP contribution in [0.5, 0.6) is 0 Å². The monoisotopic (exact) mass is 445 g/mol. The first kappa shape index (κ1) is 21.8. The summed E-state index contributed by atoms with van der Waals surface area (Å²) in [6.07, 6.45) is 1.71. The highest BCUT2D eigenvalue weighted by Gasteiger charge is 2.21. The Morgan fingerprint density at radius 3 is 2.71 bits per heavy atom. The Balaban J connectivity index is 1.49. The van der Waals surface area contributed by atoms with E-state index in [2.05, 4.69) is 9.88 Å². The van der Waals surface area contributed by atoms with Crippen LogP contribution in [0.15, 0.2) is 42.5 Å². The number of rotatable bonds is 8. The fourth-order valence-corrected chi connectivity index (χ4v) is 4.74. The number of carbonyl (C=O) groups is 1. The second-order valence-electron chi connectivity index (χ2n) is 7.57. The zero-order chi connectivity index (χ0) is 21.6. The van der Waals surface area contributed by atoms with Crippen LogP contribution in [0, 0.1) is 11.6 Å². The van der Waals surface area contributed by atoms with Crippen LogP contribution in [-0.4, -0.2) is 55.2 Å². The molecule has 5 nitrogen and oxygen atoms in total. The van der Waals surface area contributed by atoms with E-state index in [1.165, 1.54) is 6.07 Å². The Hall–Kier alpha value is -2.42. The molecule has 0 spiro atoms. The highest BCUT2D eigenvalue weighted by atomic mass is 32.1. The molecule has 4 rings (SSSR count). The van der Waals surface area contributed by atoms with Crippen LogP contribution >= 0.6 is 11.3 Å². The summed E-state index contributed by atoms with van der Waals surface area (Å²) in [5, 5.41) is 0.416. The van der Waals surface area contributed by atoms with E-state index in [0.29, 0.717) is 29.2 Å². The number of nitrogens with zero attached hydrogens (tertiary/aromatic N) is 3. The van der Waals surface area contributed by atoms with Crippen molar-refractivity contribution in [2.45, 2.75) is 19.3 Å². The van der Waals surface area contributed by atoms with Crippen molar-refractivity contribution in [2.75, 3.05) is 44.3 Å². The molecule has 1 aliphatic rings. The number of fused-ring (bicyclic) bond motifs is 1. The van der Waals surface area contributed by atoms with Gasteiger partial charge >= 0.3 is 0 Å². The van der Waals surface area contributed by atoms with Crippen LogP contribution < -0.4 is 4.90 Å². The van der Waals surface area contributed by atoms with Crippen LogP contribution in [0.3, 0.4) is 0 Å². The van der Waals surface area contributed by atoms with Crippen molar-refractivity contribution in [1.29, 1.82) is 0 Å². The lowest BCUT2D eigenvalue weighted by molar-refractivity contribution is -0.118. The average molecular weight is 446 g/mol. The van der Waals surface area contributed by atoms with Gasteiger partial charge < -0.3 is 4.74 Å². The molecular weight excluding hydrogens is 420 g/mol. The van der Waals surface area contributed by atoms with Gasteiger partial charge in [0.15, 0.2) is 10.9 Å². The standard InChI is InChI=1S/C23H25F2N3O2S/c24-18-15-19(25)22-20(16-18)31-23(26-22)28(10-4-9-27-11-13-30-14-12-27)21(29)8-7-17-5-2-1-3-6-17/h1-3,5-6,15-16H,4,7-14H2. The first-order valence-electron chi connectivity index (χ1n) is 10.5. The molecule has 1 aliphatic heterocycles. The minimum absolute atomic E-state index is 0.0641. The minimum atomic E-state index is -0.706. The molecule has 1 amide bonds. The number of hydrogen-bond acceptors (Lipinski definition) is 5. The van der Waals surface area contributed by atoms with Crippen LogP contribution in [0.1, 0.15) is 18.4 Å². The fourth-order valence-electron chi connectivity index (χ4n) is 3.70. The summed E-state index contributed by atoms with van der Waals surface area (Å²) in [7, 11) is 0. The maximum Gasteiger partial charge on any atom is 0.229 e. The van der Waals surface area contributed by atoms with E-state index < -0.39 is 11.6 Å². The van der Waals surface area contributed by atoms with Gasteiger partial charge in [0.05, 0.1) is 17.9 Å². The van der Waals surface area contributed by atoms with E-state index in [4.69, 9.17) is 4.74 Å². The van der Waals surface area contributed by atoms with Crippen molar-refractivity contribution in [1.82, 2.24) is 9.88 Å². The number of thiazole rings is 1. The molecule has 1 saturated heterocycles. The first-order valence-corrected chi connectivity index (χ1v) is 11.3. The topological polar surface area (TPSA) is 45.7 Å². The maximum atomic E-state index is 14.2. The van der Waals surface area contributed by atoms with Gasteiger partial charge in [0, 0.05) is 38.7 Å². The molecule has 164 valence electrons. The number of amides is 1. The van der Waals surface area contributed by atoms with Crippen LogP contribution in [0.4, 0.5) is 13.9 Å². The Labute approximate surface area is 184 Å². The Bertz CT molecular complexity index is 1020. The zero-order valence-corrected chi connectivity index (χ0v) is 18.0. The van der Waals surface area contributed by atoms with Crippen LogP contribution in [0.25, 0.3) is 10.2 Å². The molecule has 8 heteroatoms. The Morgan fingerprint density at radius 1 is 1.16 bits per heavy atom. The highest BCUT2D eigenvalue weighted by Crippen LogP contribution is 2.31. The number of hydrogen-bond donors (Lipinski definition) is 0. The molecule has 0 atom stereocenters. The molecule has 0 aliphatic carbocycles. The van der Waals surface area contributed by atoms with Crippen molar-refractivity contribution < 1.29 is 18.3 Å². The van der Waals surface area contributed by atoms with Crippen LogP contribution in [-0.2, 0) is 16.0 Å². The van der Waals surface area contributed by atoms with Gasteiger partial charge in [-0.2, -0.15) is 0 Å². The summed E-state index contributed by atoms with van der Waals surface area (Å²) in [4.78, 5) is 21.4. The molecule has 2 aromatic carbocycles. The van der Waals surface area contributed by atoms with Gasteiger partial charge in [0.2, 0.25) is 5.91 Å². The van der Waals surface area contributed by atoms with Crippen molar-refractivity contribution in [3.63, 3.8) is 0 Å². The molecule has 0 saturated carbocycles. The SMILES string of the molecule is O=C(CCc1ccccc1)N(CCCN1CCOCC1)c1nc2c(F)cc(F)cc2s1. The molecule has 0 radical (unpaired) electrons. The lowest BCUT2D eigenvalue weighted by atomic mass is 10.1. The fraction of sp³-hybridized carbons (Fsp3) is 0.391. The number of aromatic nitrogens is 1. The lowest BCUT2D eigenvalue weighted by Crippen LogP contribution is -2.39. The third-order valence-electron chi connectivity index (χ3n) is 5.36. The van der Waals surface area contributed by atoms with Gasteiger partial charge in [0.25, 0.3) is 0 Å². The summed E-state index contributed by atoms with van der Waals surface area (Å²) in [5.74, 6) is -1.41. The highest BCUT2D eigenvalue weighted by molar-refractivity contribution is 7.22.